The van der Waals surface area contributed by atoms with E-state index in [1.807, 2.05) is 12.1 Å². The Morgan fingerprint density at radius 3 is 2.57 bits per heavy atom. The zero-order valence-corrected chi connectivity index (χ0v) is 17.2. The van der Waals surface area contributed by atoms with Crippen LogP contribution in [0, 0.1) is 0 Å². The highest BCUT2D eigenvalue weighted by molar-refractivity contribution is 6.30. The minimum Gasteiger partial charge on any atom is -0.481 e. The lowest BCUT2D eigenvalue weighted by Crippen LogP contribution is -2.26. The summed E-state index contributed by atoms with van der Waals surface area (Å²) in [6.45, 7) is 3.94. The monoisotopic (exact) mass is 433 g/mol. The molecule has 0 bridgehead atoms. The molecule has 1 aromatic heterocycles. The Hall–Kier alpha value is -3.01. The Bertz CT molecular complexity index is 855. The third kappa shape index (κ3) is 8.56. The number of hydroxylamine groups is 1. The number of nitrogens with zero attached hydrogens (tertiary/aromatic N) is 3. The second kappa shape index (κ2) is 11.9. The molecule has 2 heterocycles. The van der Waals surface area contributed by atoms with Crippen molar-refractivity contribution in [2.75, 3.05) is 18.4 Å². The number of likely N-dealkylation sites (tertiary alicyclic amines) is 1. The van der Waals surface area contributed by atoms with Gasteiger partial charge in [0.15, 0.2) is 0 Å². The average Bonchev–Trinajstić information content (AvgIpc) is 3.15. The van der Waals surface area contributed by atoms with Gasteiger partial charge in [-0.1, -0.05) is 23.7 Å². The molecule has 1 amide bonds. The highest BCUT2D eigenvalue weighted by Gasteiger charge is 2.22. The Kier molecular flexibility index (Phi) is 9.20. The van der Waals surface area contributed by atoms with Crippen LogP contribution in [0.1, 0.15) is 24.6 Å². The molecule has 1 saturated heterocycles. The summed E-state index contributed by atoms with van der Waals surface area (Å²) in [5.74, 6) is -0.743. The number of aromatic nitrogens is 2. The molecular weight excluding hydrogens is 410 g/mol. The molecule has 3 rings (SSSR count). The smallest absolute Gasteiger partial charge is 0.300 e. The van der Waals surface area contributed by atoms with E-state index in [0.717, 1.165) is 38.0 Å². The number of aliphatic carboxylic acids is 1. The number of halogens is 1. The van der Waals surface area contributed by atoms with Crippen LogP contribution in [0.3, 0.4) is 0 Å². The molecule has 0 radical (unpaired) electrons. The minimum absolute atomic E-state index is 0.318. The van der Waals surface area contributed by atoms with Crippen LogP contribution in [-0.4, -0.2) is 56.2 Å². The molecule has 1 fully saturated rings. The maximum atomic E-state index is 10.9. The normalized spacial score (nSPS) is 16.0. The summed E-state index contributed by atoms with van der Waals surface area (Å²) in [4.78, 5) is 30.9. The fourth-order valence-electron chi connectivity index (χ4n) is 2.85. The average molecular weight is 434 g/mol. The van der Waals surface area contributed by atoms with E-state index >= 15 is 0 Å². The van der Waals surface area contributed by atoms with Crippen molar-refractivity contribution < 1.29 is 19.9 Å². The van der Waals surface area contributed by atoms with Gasteiger partial charge in [0.05, 0.1) is 18.1 Å². The number of benzene rings is 1. The molecule has 1 atom stereocenters. The second-order valence-electron chi connectivity index (χ2n) is 6.65. The molecule has 1 aliphatic heterocycles. The number of anilines is 1. The van der Waals surface area contributed by atoms with Gasteiger partial charge in [-0.05, 0) is 30.2 Å². The molecule has 0 spiro atoms. The maximum absolute atomic E-state index is 10.9. The first-order valence-electron chi connectivity index (χ1n) is 9.22. The number of hydrogen-bond donors (Lipinski definition) is 4. The summed E-state index contributed by atoms with van der Waals surface area (Å²) in [5.41, 5.74) is 3.31. The van der Waals surface area contributed by atoms with Crippen LogP contribution in [0.15, 0.2) is 42.7 Å². The van der Waals surface area contributed by atoms with Gasteiger partial charge in [0, 0.05) is 43.7 Å². The van der Waals surface area contributed by atoms with Crippen LogP contribution in [-0.2, 0) is 16.1 Å². The van der Waals surface area contributed by atoms with Crippen LogP contribution in [0.2, 0.25) is 5.02 Å². The fourth-order valence-corrected chi connectivity index (χ4v) is 2.97. The molecule has 0 aliphatic carbocycles. The van der Waals surface area contributed by atoms with Gasteiger partial charge in [0.1, 0.15) is 5.82 Å². The van der Waals surface area contributed by atoms with Crippen LogP contribution < -0.4 is 10.8 Å². The molecule has 30 heavy (non-hydrogen) atoms. The Labute approximate surface area is 179 Å². The molecule has 160 valence electrons. The summed E-state index contributed by atoms with van der Waals surface area (Å²) >= 11 is 5.92. The van der Waals surface area contributed by atoms with Gasteiger partial charge in [0.2, 0.25) is 0 Å². The lowest BCUT2D eigenvalue weighted by atomic mass is 10.2. The van der Waals surface area contributed by atoms with E-state index in [9.17, 15) is 4.79 Å². The summed E-state index contributed by atoms with van der Waals surface area (Å²) in [7, 11) is 0. The van der Waals surface area contributed by atoms with Crippen LogP contribution in [0.25, 0.3) is 6.08 Å². The number of nitrogens with one attached hydrogen (secondary N) is 2. The summed E-state index contributed by atoms with van der Waals surface area (Å²) in [5, 5.41) is 20.0. The van der Waals surface area contributed by atoms with Gasteiger partial charge in [-0.2, -0.15) is 0 Å². The quantitative estimate of drug-likeness (QED) is 0.310. The van der Waals surface area contributed by atoms with Gasteiger partial charge in [0.25, 0.3) is 11.9 Å². The maximum Gasteiger partial charge on any atom is 0.300 e. The highest BCUT2D eigenvalue weighted by Crippen LogP contribution is 2.18. The zero-order valence-electron chi connectivity index (χ0n) is 16.5. The van der Waals surface area contributed by atoms with Crippen molar-refractivity contribution in [1.29, 1.82) is 0 Å². The number of amides is 1. The van der Waals surface area contributed by atoms with E-state index in [2.05, 4.69) is 32.3 Å². The number of carboxylic acid groups (broad SMARTS) is 1. The van der Waals surface area contributed by atoms with Gasteiger partial charge < -0.3 is 10.4 Å². The molecule has 1 aromatic carbocycles. The molecule has 9 nitrogen and oxygen atoms in total. The third-order valence-corrected chi connectivity index (χ3v) is 4.38. The van der Waals surface area contributed by atoms with Crippen molar-refractivity contribution in [3.63, 3.8) is 0 Å². The van der Waals surface area contributed by atoms with Crippen molar-refractivity contribution in [3.05, 3.63) is 59.0 Å². The van der Waals surface area contributed by atoms with Crippen molar-refractivity contribution in [3.8, 4) is 0 Å². The van der Waals surface area contributed by atoms with Crippen molar-refractivity contribution >= 4 is 35.4 Å². The predicted octanol–water partition coefficient (Wildman–Crippen LogP) is 2.43. The number of carboxylic acids is 1. The van der Waals surface area contributed by atoms with Crippen LogP contribution >= 0.6 is 11.6 Å². The van der Waals surface area contributed by atoms with Gasteiger partial charge in [-0.25, -0.2) is 10.5 Å². The Morgan fingerprint density at radius 2 is 1.97 bits per heavy atom. The molecule has 4 N–H and O–H groups in total. The third-order valence-electron chi connectivity index (χ3n) is 4.13. The molecule has 2 aromatic rings. The molecule has 0 unspecified atom stereocenters. The van der Waals surface area contributed by atoms with E-state index in [0.29, 0.717) is 17.6 Å². The van der Waals surface area contributed by atoms with Gasteiger partial charge >= 0.3 is 0 Å². The summed E-state index contributed by atoms with van der Waals surface area (Å²) in [6.07, 6.45) is 6.91. The van der Waals surface area contributed by atoms with Crippen LogP contribution in [0.5, 0.6) is 0 Å². The first-order valence-corrected chi connectivity index (χ1v) is 9.60. The SMILES string of the molecule is CC(=O)O.O=C(/C=C/c1cnc(N[C@@H]2CCN(Cc3ccc(Cl)cc3)C2)cn1)NO. The second-order valence-corrected chi connectivity index (χ2v) is 7.08. The summed E-state index contributed by atoms with van der Waals surface area (Å²) in [6, 6.07) is 8.25. The van der Waals surface area contributed by atoms with E-state index < -0.39 is 11.9 Å². The van der Waals surface area contributed by atoms with Gasteiger partial charge in [-0.15, -0.1) is 0 Å². The lowest BCUT2D eigenvalue weighted by Gasteiger charge is -2.17. The predicted molar refractivity (Wildman–Crippen MR) is 113 cm³/mol. The molecule has 10 heteroatoms. The van der Waals surface area contributed by atoms with E-state index in [1.165, 1.54) is 23.2 Å². The lowest BCUT2D eigenvalue weighted by molar-refractivity contribution is -0.134. The summed E-state index contributed by atoms with van der Waals surface area (Å²) < 4.78 is 0. The Morgan fingerprint density at radius 1 is 1.27 bits per heavy atom. The Balaban J connectivity index is 0.000000735. The van der Waals surface area contributed by atoms with Crippen molar-refractivity contribution in [2.24, 2.45) is 0 Å². The van der Waals surface area contributed by atoms with Gasteiger partial charge in [-0.3, -0.25) is 24.7 Å². The number of hydrogen-bond acceptors (Lipinski definition) is 7. The first kappa shape index (κ1) is 23.3. The highest BCUT2D eigenvalue weighted by atomic mass is 35.5. The topological polar surface area (TPSA) is 128 Å². The molecular formula is C20H24ClN5O4. The molecule has 0 saturated carbocycles. The largest absolute Gasteiger partial charge is 0.481 e. The standard InChI is InChI=1S/C18H20ClN5O2.C2H4O2/c19-14-3-1-13(2-4-14)11-24-8-7-16(12-24)22-17-10-20-15(9-21-17)5-6-18(25)23-26;1-2(3)4/h1-6,9-10,16,26H,7-8,11-12H2,(H,21,22)(H,23,25);1H3,(H,3,4)/b6-5+;/t16-;/m1./s1. The zero-order chi connectivity index (χ0) is 21.9. The van der Waals surface area contributed by atoms with E-state index in [-0.39, 0.29) is 0 Å². The fraction of sp³-hybridized carbons (Fsp3) is 0.300. The van der Waals surface area contributed by atoms with Crippen molar-refractivity contribution in [1.82, 2.24) is 20.3 Å². The first-order chi connectivity index (χ1) is 14.4. The van der Waals surface area contributed by atoms with Crippen molar-refractivity contribution in [2.45, 2.75) is 25.9 Å². The number of rotatable bonds is 6. The van der Waals surface area contributed by atoms with E-state index in [4.69, 9.17) is 26.7 Å². The van der Waals surface area contributed by atoms with E-state index in [1.54, 1.807) is 12.4 Å². The minimum atomic E-state index is -0.833. The van der Waals surface area contributed by atoms with Crippen LogP contribution in [0.4, 0.5) is 5.82 Å². The number of carbonyl (C=O) groups is 2. The number of carbonyl (C=O) groups excluding carboxylic acids is 1. The molecule has 1 aliphatic rings.